The van der Waals surface area contributed by atoms with E-state index in [1.165, 1.54) is 34.1 Å². The summed E-state index contributed by atoms with van der Waals surface area (Å²) in [4.78, 5) is 30.5. The van der Waals surface area contributed by atoms with Crippen molar-refractivity contribution in [1.82, 2.24) is 9.80 Å². The van der Waals surface area contributed by atoms with Crippen molar-refractivity contribution in [2.45, 2.75) is 49.7 Å². The number of amides is 2. The lowest BCUT2D eigenvalue weighted by atomic mass is 9.90. The molecule has 0 unspecified atom stereocenters. The van der Waals surface area contributed by atoms with Gasteiger partial charge < -0.3 is 24.2 Å². The van der Waals surface area contributed by atoms with Gasteiger partial charge >= 0.3 is 6.18 Å². The summed E-state index contributed by atoms with van der Waals surface area (Å²) in [6.45, 7) is 1.82. The van der Waals surface area contributed by atoms with E-state index in [-0.39, 0.29) is 36.8 Å². The molecular weight excluding hydrogens is 547 g/mol. The number of methoxy groups -OCH3 is 1. The maximum Gasteiger partial charge on any atom is 0.430 e. The molecule has 2 fully saturated rings. The molecule has 0 aromatic heterocycles. The van der Waals surface area contributed by atoms with Crippen LogP contribution in [0.2, 0.25) is 5.02 Å². The molecule has 2 saturated heterocycles. The third kappa shape index (κ3) is 6.09. The van der Waals surface area contributed by atoms with Crippen LogP contribution in [0.5, 0.6) is 0 Å². The van der Waals surface area contributed by atoms with Crippen LogP contribution >= 0.6 is 11.6 Å². The van der Waals surface area contributed by atoms with Crippen LogP contribution < -0.4 is 4.90 Å². The number of alkyl halides is 3. The average molecular weight is 582 g/mol. The van der Waals surface area contributed by atoms with Crippen LogP contribution in [0, 0.1) is 0 Å². The van der Waals surface area contributed by atoms with Gasteiger partial charge in [-0.25, -0.2) is 0 Å². The van der Waals surface area contributed by atoms with Crippen molar-refractivity contribution >= 4 is 29.1 Å². The highest BCUT2D eigenvalue weighted by molar-refractivity contribution is 6.34. The minimum atomic E-state index is -4.92. The predicted molar refractivity (Wildman–Crippen MR) is 147 cm³/mol. The molecule has 2 amide bonds. The van der Waals surface area contributed by atoms with Crippen molar-refractivity contribution in [1.29, 1.82) is 0 Å². The zero-order valence-electron chi connectivity index (χ0n) is 22.9. The van der Waals surface area contributed by atoms with E-state index >= 15 is 0 Å². The first kappa shape index (κ1) is 30.1. The molecular formula is C29H35ClF3N3O4. The first-order valence-corrected chi connectivity index (χ1v) is 13.7. The molecule has 40 heavy (non-hydrogen) atoms. The summed E-state index contributed by atoms with van der Waals surface area (Å²) in [5.41, 5.74) is -1.88. The molecule has 2 aliphatic heterocycles. The maximum absolute atomic E-state index is 14.3. The van der Waals surface area contributed by atoms with Crippen molar-refractivity contribution < 1.29 is 32.2 Å². The largest absolute Gasteiger partial charge is 0.430 e. The second-order valence-electron chi connectivity index (χ2n) is 10.4. The second-order valence-corrected chi connectivity index (χ2v) is 10.8. The number of ether oxygens (including phenoxy) is 2. The van der Waals surface area contributed by atoms with Gasteiger partial charge in [-0.15, -0.1) is 0 Å². The number of rotatable bonds is 7. The first-order valence-electron chi connectivity index (χ1n) is 13.4. The lowest BCUT2D eigenvalue weighted by molar-refractivity contribution is -0.271. The fraction of sp³-hybridized carbons (Fsp3) is 0.517. The minimum Gasteiger partial charge on any atom is -0.375 e. The van der Waals surface area contributed by atoms with Gasteiger partial charge in [-0.1, -0.05) is 41.9 Å². The summed E-state index contributed by atoms with van der Waals surface area (Å²) >= 11 is 6.38. The fourth-order valence-corrected chi connectivity index (χ4v) is 5.71. The van der Waals surface area contributed by atoms with Gasteiger partial charge in [0.05, 0.1) is 22.8 Å². The van der Waals surface area contributed by atoms with E-state index in [0.717, 1.165) is 38.7 Å². The van der Waals surface area contributed by atoms with Gasteiger partial charge in [0, 0.05) is 58.6 Å². The van der Waals surface area contributed by atoms with Gasteiger partial charge in [0.25, 0.3) is 17.4 Å². The smallest absolute Gasteiger partial charge is 0.375 e. The monoisotopic (exact) mass is 581 g/mol. The first-order chi connectivity index (χ1) is 19.0. The van der Waals surface area contributed by atoms with Crippen LogP contribution in [0.25, 0.3) is 0 Å². The SMILES string of the molecule is CO[C@](C(=O)N1CCC(OC2CCN(c3ccc(C(=O)N(C)C)c(Cl)c3)CC2)CC1)(c1ccccc1)C(F)(F)F. The highest BCUT2D eigenvalue weighted by Crippen LogP contribution is 2.44. The third-order valence-corrected chi connectivity index (χ3v) is 8.01. The third-order valence-electron chi connectivity index (χ3n) is 7.70. The number of hydrogen-bond acceptors (Lipinski definition) is 5. The number of piperidine rings is 2. The van der Waals surface area contributed by atoms with E-state index in [4.69, 9.17) is 21.1 Å². The fourth-order valence-electron chi connectivity index (χ4n) is 5.46. The molecule has 0 saturated carbocycles. The van der Waals surface area contributed by atoms with E-state index in [2.05, 4.69) is 4.90 Å². The van der Waals surface area contributed by atoms with Gasteiger partial charge in [0.2, 0.25) is 0 Å². The molecule has 0 bridgehead atoms. The Morgan fingerprint density at radius 2 is 1.50 bits per heavy atom. The normalized spacial score (nSPS) is 18.9. The number of carbonyl (C=O) groups excluding carboxylic acids is 2. The molecule has 11 heteroatoms. The quantitative estimate of drug-likeness (QED) is 0.454. The number of nitrogens with zero attached hydrogens (tertiary/aromatic N) is 3. The second kappa shape index (κ2) is 12.4. The van der Waals surface area contributed by atoms with E-state index in [1.54, 1.807) is 26.2 Å². The maximum atomic E-state index is 14.3. The van der Waals surface area contributed by atoms with Gasteiger partial charge in [-0.05, 0) is 43.9 Å². The standard InChI is InChI=1S/C29H35ClF3N3O4/c1-34(2)26(37)24-10-9-21(19-25(24)30)35-15-11-22(12-16-35)40-23-13-17-36(18-14-23)27(38)28(39-3,29(31,32)33)20-7-5-4-6-8-20/h4-10,19,22-23H,11-18H2,1-3H3/t28-/m0/s1. The van der Waals surface area contributed by atoms with Crippen LogP contribution in [-0.4, -0.2) is 87.4 Å². The Labute approximate surface area is 237 Å². The summed E-state index contributed by atoms with van der Waals surface area (Å²) in [7, 11) is 4.28. The Bertz CT molecular complexity index is 1180. The van der Waals surface area contributed by atoms with Crippen LogP contribution in [-0.2, 0) is 19.9 Å². The Kier molecular flexibility index (Phi) is 9.32. The molecule has 2 aliphatic rings. The topological polar surface area (TPSA) is 62.3 Å². The van der Waals surface area contributed by atoms with E-state index in [1.807, 2.05) is 12.1 Å². The zero-order valence-corrected chi connectivity index (χ0v) is 23.7. The van der Waals surface area contributed by atoms with E-state index in [9.17, 15) is 22.8 Å². The van der Waals surface area contributed by atoms with Crippen molar-refractivity contribution in [3.8, 4) is 0 Å². The van der Waals surface area contributed by atoms with Crippen LogP contribution in [0.1, 0.15) is 41.6 Å². The Morgan fingerprint density at radius 3 is 2.00 bits per heavy atom. The molecule has 218 valence electrons. The summed E-state index contributed by atoms with van der Waals surface area (Å²) in [5.74, 6) is -1.25. The lowest BCUT2D eigenvalue weighted by Gasteiger charge is -2.41. The Balaban J connectivity index is 1.31. The molecule has 2 aromatic carbocycles. The zero-order chi connectivity index (χ0) is 29.1. The molecule has 0 radical (unpaired) electrons. The van der Waals surface area contributed by atoms with Crippen molar-refractivity contribution in [3.05, 3.63) is 64.7 Å². The molecule has 0 N–H and O–H groups in total. The van der Waals surface area contributed by atoms with Crippen molar-refractivity contribution in [2.75, 3.05) is 52.3 Å². The number of benzene rings is 2. The molecule has 2 aromatic rings. The molecule has 2 heterocycles. The number of anilines is 1. The van der Waals surface area contributed by atoms with E-state index < -0.39 is 17.7 Å². The van der Waals surface area contributed by atoms with Gasteiger partial charge in [0.15, 0.2) is 0 Å². The number of halogens is 4. The molecule has 7 nitrogen and oxygen atoms in total. The average Bonchev–Trinajstić information content (AvgIpc) is 2.94. The van der Waals surface area contributed by atoms with E-state index in [0.29, 0.717) is 23.4 Å². The highest BCUT2D eigenvalue weighted by atomic mass is 35.5. The van der Waals surface area contributed by atoms with Crippen molar-refractivity contribution in [3.63, 3.8) is 0 Å². The molecule has 4 rings (SSSR count). The lowest BCUT2D eigenvalue weighted by Crippen LogP contribution is -2.58. The molecule has 0 spiro atoms. The number of hydrogen-bond donors (Lipinski definition) is 0. The summed E-state index contributed by atoms with van der Waals surface area (Å²) < 4.78 is 54.1. The number of carbonyl (C=O) groups is 2. The van der Waals surface area contributed by atoms with Gasteiger partial charge in [0.1, 0.15) is 0 Å². The highest BCUT2D eigenvalue weighted by Gasteiger charge is 2.63. The minimum absolute atomic E-state index is 0.0196. The Morgan fingerprint density at radius 1 is 0.925 bits per heavy atom. The Hall–Kier alpha value is -2.82. The van der Waals surface area contributed by atoms with Crippen LogP contribution in [0.15, 0.2) is 48.5 Å². The molecule has 0 aliphatic carbocycles. The van der Waals surface area contributed by atoms with Crippen molar-refractivity contribution in [2.24, 2.45) is 0 Å². The van der Waals surface area contributed by atoms with Crippen LogP contribution in [0.3, 0.4) is 0 Å². The summed E-state index contributed by atoms with van der Waals surface area (Å²) in [6, 6.07) is 12.5. The van der Waals surface area contributed by atoms with Crippen LogP contribution in [0.4, 0.5) is 18.9 Å². The summed E-state index contributed by atoms with van der Waals surface area (Å²) in [5, 5.41) is 0.408. The molecule has 1 atom stereocenters. The van der Waals surface area contributed by atoms with Gasteiger partial charge in [-0.3, -0.25) is 9.59 Å². The predicted octanol–water partition coefficient (Wildman–Crippen LogP) is 5.12. The van der Waals surface area contributed by atoms with Gasteiger partial charge in [-0.2, -0.15) is 13.2 Å². The summed E-state index contributed by atoms with van der Waals surface area (Å²) in [6.07, 6.45) is -2.57. The number of likely N-dealkylation sites (tertiary alicyclic amines) is 1.